The quantitative estimate of drug-likeness (QED) is 0.677. The second kappa shape index (κ2) is 3.63. The lowest BCUT2D eigenvalue weighted by atomic mass is 10.7. The van der Waals surface area contributed by atoms with Crippen molar-refractivity contribution in [3.63, 3.8) is 0 Å². The molecule has 0 unspecified atom stereocenters. The highest BCUT2D eigenvalue weighted by molar-refractivity contribution is 7.15. The van der Waals surface area contributed by atoms with Crippen LogP contribution in [-0.4, -0.2) is 16.3 Å². The first-order valence-corrected chi connectivity index (χ1v) is 4.33. The minimum absolute atomic E-state index is 0.0137. The van der Waals surface area contributed by atoms with Gasteiger partial charge < -0.3 is 0 Å². The van der Waals surface area contributed by atoms with E-state index in [0.29, 0.717) is 0 Å². The average Bonchev–Trinajstić information content (AvgIpc) is 2.33. The Labute approximate surface area is 81.1 Å². The maximum absolute atomic E-state index is 11.9. The lowest BCUT2D eigenvalue weighted by Gasteiger charge is -2.00. The third-order valence-electron chi connectivity index (χ3n) is 1.04. The summed E-state index contributed by atoms with van der Waals surface area (Å²) < 4.78 is 35.6. The van der Waals surface area contributed by atoms with Crippen LogP contribution >= 0.6 is 22.9 Å². The molecule has 2 nitrogen and oxygen atoms in total. The molecule has 72 valence electrons. The average molecular weight is 229 g/mol. The molecule has 0 aliphatic rings. The number of aryl methyl sites for hydroxylation is 1. The summed E-state index contributed by atoms with van der Waals surface area (Å²) in [5, 5.41) is -1.39. The van der Waals surface area contributed by atoms with Crippen LogP contribution in [0.15, 0.2) is 11.2 Å². The van der Waals surface area contributed by atoms with Crippen molar-refractivity contribution in [2.75, 3.05) is 0 Å². The fourth-order valence-corrected chi connectivity index (χ4v) is 1.31. The number of alkyl halides is 3. The number of hydrogen-bond donors (Lipinski definition) is 0. The lowest BCUT2D eigenvalue weighted by molar-refractivity contribution is -0.0558. The molecule has 0 bridgehead atoms. The summed E-state index contributed by atoms with van der Waals surface area (Å²) >= 11 is 5.94. The number of thiazole rings is 1. The van der Waals surface area contributed by atoms with E-state index in [0.717, 1.165) is 16.2 Å². The number of aliphatic imine (C=N–C) groups is 1. The number of aromatic nitrogens is 1. The van der Waals surface area contributed by atoms with Crippen LogP contribution in [0.5, 0.6) is 0 Å². The summed E-state index contributed by atoms with van der Waals surface area (Å²) in [5.41, 5.74) is 0. The van der Waals surface area contributed by atoms with Gasteiger partial charge in [0, 0.05) is 11.1 Å². The molecule has 7 heteroatoms. The monoisotopic (exact) mass is 228 g/mol. The van der Waals surface area contributed by atoms with Gasteiger partial charge in [0.25, 0.3) is 0 Å². The fourth-order valence-electron chi connectivity index (χ4n) is 0.542. The zero-order chi connectivity index (χ0) is 10.1. The van der Waals surface area contributed by atoms with Gasteiger partial charge in [-0.05, 0) is 6.92 Å². The van der Waals surface area contributed by atoms with Gasteiger partial charge in [0.2, 0.25) is 10.3 Å². The Bertz CT molecular complexity index is 331. The molecule has 0 atom stereocenters. The van der Waals surface area contributed by atoms with Crippen LogP contribution in [0.2, 0.25) is 0 Å². The van der Waals surface area contributed by atoms with Gasteiger partial charge >= 0.3 is 6.18 Å². The van der Waals surface area contributed by atoms with Gasteiger partial charge in [-0.25, -0.2) is 9.98 Å². The van der Waals surface area contributed by atoms with Crippen LogP contribution in [0, 0.1) is 6.92 Å². The van der Waals surface area contributed by atoms with Gasteiger partial charge in [-0.3, -0.25) is 0 Å². The maximum atomic E-state index is 11.9. The maximum Gasteiger partial charge on any atom is 0.444 e. The van der Waals surface area contributed by atoms with Crippen molar-refractivity contribution in [2.24, 2.45) is 4.99 Å². The Hall–Kier alpha value is -0.620. The molecule has 0 aliphatic carbocycles. The van der Waals surface area contributed by atoms with E-state index in [1.807, 2.05) is 0 Å². The van der Waals surface area contributed by atoms with E-state index in [1.165, 1.54) is 6.20 Å². The topological polar surface area (TPSA) is 25.2 Å². The molecule has 0 radical (unpaired) electrons. The van der Waals surface area contributed by atoms with Crippen molar-refractivity contribution >= 4 is 33.2 Å². The van der Waals surface area contributed by atoms with Crippen LogP contribution < -0.4 is 0 Å². The Morgan fingerprint density at radius 1 is 1.62 bits per heavy atom. The Morgan fingerprint density at radius 3 is 2.62 bits per heavy atom. The van der Waals surface area contributed by atoms with Gasteiger partial charge in [0.15, 0.2) is 0 Å². The molecule has 0 saturated heterocycles. The highest BCUT2D eigenvalue weighted by Gasteiger charge is 2.34. The van der Waals surface area contributed by atoms with E-state index < -0.39 is 11.3 Å². The molecule has 0 N–H and O–H groups in total. The molecular formula is C6H4ClF3N2S. The van der Waals surface area contributed by atoms with E-state index in [-0.39, 0.29) is 5.13 Å². The smallest absolute Gasteiger partial charge is 0.227 e. The number of hydrogen-bond acceptors (Lipinski definition) is 3. The van der Waals surface area contributed by atoms with Gasteiger partial charge in [0.1, 0.15) is 0 Å². The summed E-state index contributed by atoms with van der Waals surface area (Å²) in [5.74, 6) is 0. The first-order valence-electron chi connectivity index (χ1n) is 3.13. The van der Waals surface area contributed by atoms with Crippen molar-refractivity contribution in [1.29, 1.82) is 0 Å². The van der Waals surface area contributed by atoms with Crippen molar-refractivity contribution < 1.29 is 13.2 Å². The summed E-state index contributed by atoms with van der Waals surface area (Å²) in [4.78, 5) is 7.51. The molecule has 1 aromatic heterocycles. The molecule has 1 rings (SSSR count). The lowest BCUT2D eigenvalue weighted by Crippen LogP contribution is -2.16. The normalized spacial score (nSPS) is 13.5. The fraction of sp³-hybridized carbons (Fsp3) is 0.333. The summed E-state index contributed by atoms with van der Waals surface area (Å²) in [7, 11) is 0. The van der Waals surface area contributed by atoms with Crippen LogP contribution in [0.1, 0.15) is 4.88 Å². The van der Waals surface area contributed by atoms with Crippen molar-refractivity contribution in [3.05, 3.63) is 11.1 Å². The number of rotatable bonds is 1. The zero-order valence-electron chi connectivity index (χ0n) is 6.39. The predicted octanol–water partition coefficient (Wildman–Crippen LogP) is 3.28. The molecule has 0 amide bonds. The molecule has 1 heterocycles. The second-order valence-corrected chi connectivity index (χ2v) is 3.73. The molecule has 0 aliphatic heterocycles. The Morgan fingerprint density at radius 2 is 2.23 bits per heavy atom. The molecule has 0 spiro atoms. The number of halogens is 4. The highest BCUT2D eigenvalue weighted by atomic mass is 35.5. The van der Waals surface area contributed by atoms with Crippen LogP contribution in [0.4, 0.5) is 18.3 Å². The first-order chi connectivity index (χ1) is 5.89. The van der Waals surface area contributed by atoms with Crippen LogP contribution in [0.25, 0.3) is 0 Å². The zero-order valence-corrected chi connectivity index (χ0v) is 7.96. The minimum Gasteiger partial charge on any atom is -0.227 e. The molecule has 0 fully saturated rings. The molecule has 13 heavy (non-hydrogen) atoms. The van der Waals surface area contributed by atoms with E-state index in [2.05, 4.69) is 9.98 Å². The standard InChI is InChI=1S/C6H4ClF3N2S/c1-3-2-11-5(13-3)12-4(7)6(8,9)10/h2H,1H3. The van der Waals surface area contributed by atoms with E-state index >= 15 is 0 Å². The largest absolute Gasteiger partial charge is 0.444 e. The van der Waals surface area contributed by atoms with Crippen LogP contribution in [0.3, 0.4) is 0 Å². The predicted molar refractivity (Wildman–Crippen MR) is 45.9 cm³/mol. The Kier molecular flexibility index (Phi) is 2.92. The van der Waals surface area contributed by atoms with Crippen molar-refractivity contribution in [2.45, 2.75) is 13.1 Å². The van der Waals surface area contributed by atoms with Gasteiger partial charge in [0.05, 0.1) is 0 Å². The summed E-state index contributed by atoms with van der Waals surface area (Å²) in [6.07, 6.45) is -3.16. The molecule has 0 saturated carbocycles. The molecule has 1 aromatic rings. The third kappa shape index (κ3) is 2.96. The summed E-state index contributed by atoms with van der Waals surface area (Å²) in [6, 6.07) is 0. The van der Waals surface area contributed by atoms with Gasteiger partial charge in [-0.1, -0.05) is 11.6 Å². The van der Waals surface area contributed by atoms with E-state index in [9.17, 15) is 13.2 Å². The van der Waals surface area contributed by atoms with Crippen molar-refractivity contribution in [3.8, 4) is 0 Å². The van der Waals surface area contributed by atoms with Gasteiger partial charge in [-0.15, -0.1) is 11.3 Å². The molecular weight excluding hydrogens is 225 g/mol. The SMILES string of the molecule is Cc1cnc(N=C(Cl)C(F)(F)F)s1. The molecule has 0 aromatic carbocycles. The minimum atomic E-state index is -4.60. The van der Waals surface area contributed by atoms with E-state index in [1.54, 1.807) is 6.92 Å². The highest BCUT2D eigenvalue weighted by Crippen LogP contribution is 2.26. The first kappa shape index (κ1) is 10.5. The number of nitrogens with zero attached hydrogens (tertiary/aromatic N) is 2. The second-order valence-electron chi connectivity index (χ2n) is 2.15. The van der Waals surface area contributed by atoms with Crippen LogP contribution in [-0.2, 0) is 0 Å². The van der Waals surface area contributed by atoms with Crippen molar-refractivity contribution in [1.82, 2.24) is 4.98 Å². The summed E-state index contributed by atoms with van der Waals surface area (Å²) in [6.45, 7) is 1.72. The Balaban J connectivity index is 2.89. The van der Waals surface area contributed by atoms with E-state index in [4.69, 9.17) is 11.6 Å². The third-order valence-corrected chi connectivity index (χ3v) is 2.14. The van der Waals surface area contributed by atoms with Gasteiger partial charge in [-0.2, -0.15) is 13.2 Å².